The van der Waals surface area contributed by atoms with Crippen molar-refractivity contribution in [1.82, 2.24) is 0 Å². The number of hydrogen-bond donors (Lipinski definition) is 4. The molecule has 0 spiro atoms. The topological polar surface area (TPSA) is 167 Å². The Morgan fingerprint density at radius 1 is 1.50 bits per heavy atom. The molecule has 0 amide bonds. The molecule has 8 nitrogen and oxygen atoms in total. The third kappa shape index (κ3) is 22.8. The smallest absolute Gasteiger partial charge is 0.790 e. The van der Waals surface area contributed by atoms with Crippen molar-refractivity contribution >= 4 is 36.8 Å². The fourth-order valence-electron chi connectivity index (χ4n) is 0.206. The summed E-state index contributed by atoms with van der Waals surface area (Å²) in [4.78, 5) is 34.1. The number of aliphatic carboxylic acids is 1. The average molecular weight is 239 g/mol. The summed E-state index contributed by atoms with van der Waals surface area (Å²) in [5, 5.41) is 16.6. The molecule has 0 aromatic rings. The quantitative estimate of drug-likeness (QED) is 0.281. The SMILES string of the molecule is CC(O)C(N)C(=O)O.O=P([O-])([O-])O.[Mg+2]. The number of nitrogens with two attached hydrogens (primary N) is 1. The van der Waals surface area contributed by atoms with E-state index in [0.717, 1.165) is 0 Å². The summed E-state index contributed by atoms with van der Waals surface area (Å²) < 4.78 is 8.66. The van der Waals surface area contributed by atoms with Crippen molar-refractivity contribution in [2.75, 3.05) is 0 Å². The van der Waals surface area contributed by atoms with Crippen LogP contribution in [0.15, 0.2) is 0 Å². The van der Waals surface area contributed by atoms with Gasteiger partial charge < -0.3 is 35.2 Å². The normalized spacial score (nSPS) is 14.1. The van der Waals surface area contributed by atoms with Gasteiger partial charge in [0, 0.05) is 0 Å². The fourth-order valence-corrected chi connectivity index (χ4v) is 0.206. The zero-order chi connectivity index (χ0) is 11.2. The molecular weight excluding hydrogens is 229 g/mol. The number of aliphatic hydroxyl groups excluding tert-OH is 1. The van der Waals surface area contributed by atoms with Crippen LogP contribution in [0.4, 0.5) is 0 Å². The van der Waals surface area contributed by atoms with Crippen LogP contribution in [0.3, 0.4) is 0 Å². The van der Waals surface area contributed by atoms with Gasteiger partial charge in [-0.1, -0.05) is 0 Å². The van der Waals surface area contributed by atoms with Crippen molar-refractivity contribution in [3.05, 3.63) is 0 Å². The fraction of sp³-hybridized carbons (Fsp3) is 0.750. The van der Waals surface area contributed by atoms with Crippen LogP contribution in [0.25, 0.3) is 0 Å². The first kappa shape index (κ1) is 19.8. The molecule has 10 heteroatoms. The van der Waals surface area contributed by atoms with E-state index >= 15 is 0 Å². The molecular formula is C4H10MgNO7P. The van der Waals surface area contributed by atoms with Crippen LogP contribution >= 0.6 is 7.82 Å². The molecule has 0 heterocycles. The van der Waals surface area contributed by atoms with Gasteiger partial charge in [-0.05, 0) is 6.92 Å². The molecule has 0 saturated heterocycles. The second kappa shape index (κ2) is 8.56. The van der Waals surface area contributed by atoms with Crippen molar-refractivity contribution in [3.63, 3.8) is 0 Å². The van der Waals surface area contributed by atoms with E-state index in [9.17, 15) is 4.79 Å². The zero-order valence-electron chi connectivity index (χ0n) is 7.36. The molecule has 2 atom stereocenters. The van der Waals surface area contributed by atoms with Gasteiger partial charge in [-0.3, -0.25) is 4.79 Å². The number of carboxylic acid groups (broad SMARTS) is 1. The van der Waals surface area contributed by atoms with Gasteiger partial charge in [-0.15, -0.1) is 0 Å². The molecule has 14 heavy (non-hydrogen) atoms. The maximum absolute atomic E-state index is 9.86. The Bertz CT molecular complexity index is 196. The minimum absolute atomic E-state index is 0. The van der Waals surface area contributed by atoms with E-state index in [1.165, 1.54) is 6.92 Å². The number of aliphatic hydroxyl groups is 1. The molecule has 0 rings (SSSR count). The van der Waals surface area contributed by atoms with Gasteiger partial charge in [-0.2, -0.15) is 0 Å². The second-order valence-electron chi connectivity index (χ2n) is 2.07. The summed E-state index contributed by atoms with van der Waals surface area (Å²) in [7, 11) is -5.14. The molecule has 80 valence electrons. The Hall–Kier alpha value is 0.266. The third-order valence-electron chi connectivity index (χ3n) is 0.805. The summed E-state index contributed by atoms with van der Waals surface area (Å²) in [6, 6.07) is -1.16. The first-order chi connectivity index (χ1) is 5.55. The Morgan fingerprint density at radius 3 is 1.71 bits per heavy atom. The minimum atomic E-state index is -5.14. The van der Waals surface area contributed by atoms with Crippen LogP contribution in [-0.4, -0.2) is 56.3 Å². The van der Waals surface area contributed by atoms with Gasteiger partial charge >= 0.3 is 29.0 Å². The van der Waals surface area contributed by atoms with E-state index in [1.54, 1.807) is 0 Å². The molecule has 0 aromatic carbocycles. The maximum atomic E-state index is 9.86. The summed E-state index contributed by atoms with van der Waals surface area (Å²) >= 11 is 0. The molecule has 0 aromatic heterocycles. The number of rotatable bonds is 2. The molecule has 0 aliphatic heterocycles. The van der Waals surface area contributed by atoms with E-state index in [-0.39, 0.29) is 23.1 Å². The molecule has 0 radical (unpaired) electrons. The van der Waals surface area contributed by atoms with Crippen molar-refractivity contribution in [2.24, 2.45) is 5.73 Å². The van der Waals surface area contributed by atoms with Crippen molar-refractivity contribution in [2.45, 2.75) is 19.1 Å². The largest absolute Gasteiger partial charge is 2.00 e. The Balaban J connectivity index is -0.000000177. The van der Waals surface area contributed by atoms with E-state index in [1.807, 2.05) is 0 Å². The molecule has 0 saturated carbocycles. The van der Waals surface area contributed by atoms with Crippen LogP contribution in [-0.2, 0) is 9.36 Å². The van der Waals surface area contributed by atoms with E-state index in [0.29, 0.717) is 0 Å². The van der Waals surface area contributed by atoms with Crippen LogP contribution in [0.1, 0.15) is 6.92 Å². The monoisotopic (exact) mass is 239 g/mol. The Morgan fingerprint density at radius 2 is 1.71 bits per heavy atom. The van der Waals surface area contributed by atoms with Crippen LogP contribution in [0, 0.1) is 0 Å². The van der Waals surface area contributed by atoms with Gasteiger partial charge in [0.25, 0.3) is 0 Å². The summed E-state index contributed by atoms with van der Waals surface area (Å²) in [5.74, 6) is -1.18. The van der Waals surface area contributed by atoms with Crippen molar-refractivity contribution < 1.29 is 34.3 Å². The molecule has 2 unspecified atom stereocenters. The minimum Gasteiger partial charge on any atom is -0.790 e. The standard InChI is InChI=1S/C4H9NO3.Mg.H3O4P/c1-2(6)3(5)4(7)8;;1-5(2,3)4/h2-3,6H,5H2,1H3,(H,7,8);;(H3,1,2,3,4)/q;+2;/p-2. The first-order valence-corrected chi connectivity index (χ1v) is 4.46. The van der Waals surface area contributed by atoms with Crippen LogP contribution in [0.5, 0.6) is 0 Å². The number of hydrogen-bond acceptors (Lipinski definition) is 6. The average Bonchev–Trinajstić information content (AvgIpc) is 1.81. The molecule has 0 bridgehead atoms. The van der Waals surface area contributed by atoms with Gasteiger partial charge in [0.15, 0.2) is 0 Å². The Labute approximate surface area is 96.1 Å². The molecule has 0 aliphatic rings. The zero-order valence-corrected chi connectivity index (χ0v) is 9.67. The van der Waals surface area contributed by atoms with Gasteiger partial charge in [0.2, 0.25) is 0 Å². The summed E-state index contributed by atoms with van der Waals surface area (Å²) in [6.45, 7) is 1.33. The van der Waals surface area contributed by atoms with Gasteiger partial charge in [-0.25, -0.2) is 0 Å². The maximum Gasteiger partial charge on any atom is 2.00 e. The number of carbonyl (C=O) groups is 1. The third-order valence-corrected chi connectivity index (χ3v) is 0.805. The van der Waals surface area contributed by atoms with Gasteiger partial charge in [0.05, 0.1) is 13.9 Å². The summed E-state index contributed by atoms with van der Waals surface area (Å²) in [5.41, 5.74) is 4.91. The van der Waals surface area contributed by atoms with E-state index in [2.05, 4.69) is 0 Å². The van der Waals surface area contributed by atoms with Crippen molar-refractivity contribution in [1.29, 1.82) is 0 Å². The first-order valence-electron chi connectivity index (χ1n) is 2.97. The van der Waals surface area contributed by atoms with E-state index < -0.39 is 25.9 Å². The Kier molecular flexibility index (Phi) is 12.1. The predicted octanol–water partition coefficient (Wildman–Crippen LogP) is -3.79. The van der Waals surface area contributed by atoms with Gasteiger partial charge in [0.1, 0.15) is 6.04 Å². The second-order valence-corrected chi connectivity index (χ2v) is 3.01. The summed E-state index contributed by atoms with van der Waals surface area (Å²) in [6.07, 6.45) is -0.979. The van der Waals surface area contributed by atoms with E-state index in [4.69, 9.17) is 35.2 Å². The number of carboxylic acids is 1. The van der Waals surface area contributed by atoms with Crippen LogP contribution in [0.2, 0.25) is 0 Å². The molecule has 0 aliphatic carbocycles. The van der Waals surface area contributed by atoms with Crippen LogP contribution < -0.4 is 15.5 Å². The number of phosphoric acid groups is 1. The molecule has 0 fully saturated rings. The predicted molar refractivity (Wildman–Crippen MR) is 42.9 cm³/mol. The van der Waals surface area contributed by atoms with Crippen molar-refractivity contribution in [3.8, 4) is 0 Å². The molecule has 5 N–H and O–H groups in total.